The summed E-state index contributed by atoms with van der Waals surface area (Å²) in [6, 6.07) is 20.2. The number of anilines is 1. The number of carbonyl (C=O) groups excluding carboxylic acids is 2. The molecule has 8 nitrogen and oxygen atoms in total. The van der Waals surface area contributed by atoms with Gasteiger partial charge < -0.3 is 25.4 Å². The van der Waals surface area contributed by atoms with Gasteiger partial charge in [-0.05, 0) is 73.0 Å². The first-order valence-corrected chi connectivity index (χ1v) is 11.9. The summed E-state index contributed by atoms with van der Waals surface area (Å²) < 4.78 is 18.7. The van der Waals surface area contributed by atoms with Crippen molar-refractivity contribution in [2.24, 2.45) is 0 Å². The van der Waals surface area contributed by atoms with Crippen LogP contribution in [0.3, 0.4) is 0 Å². The average Bonchev–Trinajstić information content (AvgIpc) is 3.10. The molecule has 1 heterocycles. The molecule has 37 heavy (non-hydrogen) atoms. The lowest BCUT2D eigenvalue weighted by Gasteiger charge is -2.27. The molecule has 0 saturated carbocycles. The number of rotatable bonds is 6. The quantitative estimate of drug-likeness (QED) is 0.470. The number of aliphatic hydroxyl groups is 1. The van der Waals surface area contributed by atoms with E-state index in [1.165, 1.54) is 12.1 Å². The molecule has 1 aliphatic heterocycles. The fourth-order valence-electron chi connectivity index (χ4n) is 4.04. The van der Waals surface area contributed by atoms with E-state index in [1.807, 2.05) is 6.07 Å². The van der Waals surface area contributed by atoms with E-state index in [-0.39, 0.29) is 30.9 Å². The number of amides is 3. The topological polar surface area (TPSA) is 115 Å². The lowest BCUT2D eigenvalue weighted by Crippen LogP contribution is -2.50. The molecule has 0 bridgehead atoms. The van der Waals surface area contributed by atoms with Crippen LogP contribution in [0.25, 0.3) is 0 Å². The summed E-state index contributed by atoms with van der Waals surface area (Å²) in [4.78, 5) is 27.3. The van der Waals surface area contributed by atoms with Gasteiger partial charge in [-0.15, -0.1) is 0 Å². The number of aliphatic hydroxyl groups excluding tert-OH is 1. The number of benzene rings is 3. The van der Waals surface area contributed by atoms with Crippen LogP contribution in [-0.4, -0.2) is 47.2 Å². The minimum atomic E-state index is -0.804. The molecule has 190 valence electrons. The Bertz CT molecular complexity index is 1270. The molecule has 0 aromatic heterocycles. The van der Waals surface area contributed by atoms with Gasteiger partial charge >= 0.3 is 6.03 Å². The summed E-state index contributed by atoms with van der Waals surface area (Å²) in [6.45, 7) is 0.821. The molecule has 0 radical (unpaired) electrons. The van der Waals surface area contributed by atoms with Crippen molar-refractivity contribution in [1.29, 1.82) is 5.26 Å². The number of urea groups is 1. The van der Waals surface area contributed by atoms with Gasteiger partial charge in [0.2, 0.25) is 0 Å². The number of hydrogen-bond acceptors (Lipinski definition) is 5. The van der Waals surface area contributed by atoms with Crippen molar-refractivity contribution >= 4 is 17.6 Å². The van der Waals surface area contributed by atoms with E-state index in [2.05, 4.69) is 10.6 Å². The molecule has 1 fully saturated rings. The molecule has 0 unspecified atom stereocenters. The first-order chi connectivity index (χ1) is 17.9. The zero-order chi connectivity index (χ0) is 26.2. The summed E-state index contributed by atoms with van der Waals surface area (Å²) in [7, 11) is 0. The van der Waals surface area contributed by atoms with E-state index in [0.717, 1.165) is 5.56 Å². The smallest absolute Gasteiger partial charge is 0.321 e. The summed E-state index contributed by atoms with van der Waals surface area (Å²) in [5.41, 5.74) is 2.13. The van der Waals surface area contributed by atoms with Crippen molar-refractivity contribution in [3.05, 3.63) is 95.3 Å². The van der Waals surface area contributed by atoms with Gasteiger partial charge in [-0.1, -0.05) is 18.2 Å². The largest absolute Gasteiger partial charge is 0.489 e. The Morgan fingerprint density at radius 3 is 2.59 bits per heavy atom. The van der Waals surface area contributed by atoms with Crippen LogP contribution >= 0.6 is 0 Å². The summed E-state index contributed by atoms with van der Waals surface area (Å²) in [6.07, 6.45) is 0.218. The highest BCUT2D eigenvalue weighted by Gasteiger charge is 2.29. The maximum atomic E-state index is 13.0. The van der Waals surface area contributed by atoms with Gasteiger partial charge in [-0.2, -0.15) is 5.26 Å². The Labute approximate surface area is 214 Å². The van der Waals surface area contributed by atoms with Gasteiger partial charge in [0.25, 0.3) is 5.91 Å². The highest BCUT2D eigenvalue weighted by Crippen LogP contribution is 2.18. The van der Waals surface area contributed by atoms with Gasteiger partial charge in [0.1, 0.15) is 18.2 Å². The van der Waals surface area contributed by atoms with Gasteiger partial charge in [0, 0.05) is 24.3 Å². The fourth-order valence-corrected chi connectivity index (χ4v) is 4.04. The maximum Gasteiger partial charge on any atom is 0.321 e. The van der Waals surface area contributed by atoms with E-state index in [4.69, 9.17) is 10.00 Å². The zero-order valence-corrected chi connectivity index (χ0v) is 20.1. The molecule has 2 atom stereocenters. The number of nitrogens with zero attached hydrogens (tertiary/aromatic N) is 2. The van der Waals surface area contributed by atoms with Crippen LogP contribution in [0.4, 0.5) is 14.9 Å². The Morgan fingerprint density at radius 2 is 1.86 bits per heavy atom. The van der Waals surface area contributed by atoms with E-state index in [1.54, 1.807) is 65.6 Å². The second-order valence-corrected chi connectivity index (χ2v) is 8.80. The van der Waals surface area contributed by atoms with Crippen molar-refractivity contribution < 1.29 is 23.8 Å². The van der Waals surface area contributed by atoms with Crippen molar-refractivity contribution in [3.8, 4) is 11.8 Å². The van der Waals surface area contributed by atoms with Gasteiger partial charge in [-0.3, -0.25) is 4.79 Å². The van der Waals surface area contributed by atoms with Crippen molar-refractivity contribution in [1.82, 2.24) is 10.2 Å². The summed E-state index contributed by atoms with van der Waals surface area (Å²) in [5, 5.41) is 25.3. The van der Waals surface area contributed by atoms with Gasteiger partial charge in [0.15, 0.2) is 0 Å². The molecular weight excluding hydrogens is 475 g/mol. The minimum absolute atomic E-state index is 0.134. The minimum Gasteiger partial charge on any atom is -0.489 e. The average molecular weight is 503 g/mol. The Kier molecular flexibility index (Phi) is 8.33. The van der Waals surface area contributed by atoms with E-state index in [9.17, 15) is 19.1 Å². The summed E-state index contributed by atoms with van der Waals surface area (Å²) >= 11 is 0. The van der Waals surface area contributed by atoms with Crippen LogP contribution in [0, 0.1) is 17.1 Å². The van der Waals surface area contributed by atoms with Crippen LogP contribution in [0.1, 0.15) is 34.3 Å². The molecule has 1 saturated heterocycles. The van der Waals surface area contributed by atoms with Gasteiger partial charge in [0.05, 0.1) is 23.8 Å². The monoisotopic (exact) mass is 502 g/mol. The SMILES string of the molecule is N#Cc1cccc(NC(=O)N2CCC[C@@H](O)[C@H](NC(=O)c3ccc(OCc4ccc(F)cc4)cc3)C2)c1. The molecule has 3 amide bonds. The van der Waals surface area contributed by atoms with Crippen molar-refractivity contribution in [2.75, 3.05) is 18.4 Å². The molecule has 1 aliphatic rings. The number of carbonyl (C=O) groups is 2. The maximum absolute atomic E-state index is 13.0. The normalized spacial score (nSPS) is 17.3. The van der Waals surface area contributed by atoms with Gasteiger partial charge in [-0.25, -0.2) is 9.18 Å². The molecule has 0 spiro atoms. The Balaban J connectivity index is 1.34. The highest BCUT2D eigenvalue weighted by molar-refractivity contribution is 5.94. The number of nitrogens with one attached hydrogen (secondary N) is 2. The third kappa shape index (κ3) is 7.06. The third-order valence-corrected chi connectivity index (χ3v) is 6.09. The van der Waals surface area contributed by atoms with Crippen LogP contribution < -0.4 is 15.4 Å². The molecule has 3 aromatic carbocycles. The second kappa shape index (κ2) is 12.0. The van der Waals surface area contributed by atoms with Crippen LogP contribution in [0.2, 0.25) is 0 Å². The van der Waals surface area contributed by atoms with E-state index >= 15 is 0 Å². The number of nitriles is 1. The molecule has 3 aromatic rings. The zero-order valence-electron chi connectivity index (χ0n) is 20.1. The molecule has 4 rings (SSSR count). The fraction of sp³-hybridized carbons (Fsp3) is 0.250. The first kappa shape index (κ1) is 25.7. The standard InChI is InChI=1S/C28H27FN4O4/c29-22-10-6-19(7-11-22)18-37-24-12-8-21(9-13-24)27(35)32-25-17-33(14-2-5-26(25)34)28(36)31-23-4-1-3-20(15-23)16-30/h1,3-4,6-13,15,25-26,34H,2,5,14,17-18H2,(H,31,36)(H,32,35)/t25-,26-/m1/s1. The Hall–Kier alpha value is -4.42. The first-order valence-electron chi connectivity index (χ1n) is 11.9. The van der Waals surface area contributed by atoms with Crippen LogP contribution in [-0.2, 0) is 6.61 Å². The third-order valence-electron chi connectivity index (χ3n) is 6.09. The lowest BCUT2D eigenvalue weighted by molar-refractivity contribution is 0.0811. The van der Waals surface area contributed by atoms with Crippen LogP contribution in [0.5, 0.6) is 5.75 Å². The number of likely N-dealkylation sites (tertiary alicyclic amines) is 1. The van der Waals surface area contributed by atoms with Crippen molar-refractivity contribution in [3.63, 3.8) is 0 Å². The lowest BCUT2D eigenvalue weighted by atomic mass is 10.1. The molecule has 0 aliphatic carbocycles. The Morgan fingerprint density at radius 1 is 1.11 bits per heavy atom. The highest BCUT2D eigenvalue weighted by atomic mass is 19.1. The predicted molar refractivity (Wildman–Crippen MR) is 135 cm³/mol. The van der Waals surface area contributed by atoms with E-state index in [0.29, 0.717) is 42.0 Å². The molecule has 9 heteroatoms. The predicted octanol–water partition coefficient (Wildman–Crippen LogP) is 4.06. The second-order valence-electron chi connectivity index (χ2n) is 8.80. The number of hydrogen-bond donors (Lipinski definition) is 3. The molecular formula is C28H27FN4O4. The van der Waals surface area contributed by atoms with Crippen LogP contribution in [0.15, 0.2) is 72.8 Å². The van der Waals surface area contributed by atoms with Crippen molar-refractivity contribution in [2.45, 2.75) is 31.6 Å². The number of ether oxygens (including phenoxy) is 1. The number of halogens is 1. The summed E-state index contributed by atoms with van der Waals surface area (Å²) in [5.74, 6) is -0.135. The molecule has 3 N–H and O–H groups in total. The van der Waals surface area contributed by atoms with E-state index < -0.39 is 12.1 Å².